The fourth-order valence-electron chi connectivity index (χ4n) is 8.70. The highest BCUT2D eigenvalue weighted by molar-refractivity contribution is 5.91. The van der Waals surface area contributed by atoms with Crippen LogP contribution in [0.1, 0.15) is 92.9 Å². The smallest absolute Gasteiger partial charge is 0.318 e. The Balaban J connectivity index is 1.41. The number of rotatable bonds is 8. The minimum Gasteiger partial charge on any atom is -0.318 e. The Morgan fingerprint density at radius 2 is 1.84 bits per heavy atom. The van der Waals surface area contributed by atoms with Crippen LogP contribution in [0.15, 0.2) is 16.8 Å². The monoisotopic (exact) mass is 528 g/mol. The molecule has 7 heteroatoms. The maximum Gasteiger partial charge on any atom is 0.436 e. The molecule has 0 aromatic carbocycles. The maximum absolute atomic E-state index is 13.1. The Morgan fingerprint density at radius 3 is 2.55 bits per heavy atom. The first-order chi connectivity index (χ1) is 17.9. The molecule has 4 rings (SSSR count). The standard InChI is InChI=1S/C31H52N4O3/c1-21(34-38-28(37)35(29(2,3)4)19-18-33-17-16-32-7)25-10-11-26-24-9-8-22-20-23(36)12-14-30(22,5)27(24)13-15-31(25,26)6/h20,24-27,32-33H,8-19H2,1-7H3/b34-21+/t24-,25+,26-,27-,30-,31+/m0/s1. The highest BCUT2D eigenvalue weighted by Crippen LogP contribution is 2.66. The van der Waals surface area contributed by atoms with Crippen molar-refractivity contribution >= 4 is 17.6 Å². The number of nitrogens with one attached hydrogen (secondary N) is 2. The van der Waals surface area contributed by atoms with Gasteiger partial charge in [0.1, 0.15) is 0 Å². The molecule has 0 heterocycles. The Labute approximate surface area is 230 Å². The van der Waals surface area contributed by atoms with Crippen LogP contribution >= 0.6 is 0 Å². The average molecular weight is 529 g/mol. The number of nitrogens with zero attached hydrogens (tertiary/aromatic N) is 2. The minimum absolute atomic E-state index is 0.199. The molecular weight excluding hydrogens is 476 g/mol. The molecule has 3 fully saturated rings. The number of hydrogen-bond acceptors (Lipinski definition) is 6. The first-order valence-corrected chi connectivity index (χ1v) is 15.0. The van der Waals surface area contributed by atoms with E-state index < -0.39 is 0 Å². The molecule has 0 aromatic heterocycles. The van der Waals surface area contributed by atoms with E-state index in [1.165, 1.54) is 31.3 Å². The Bertz CT molecular complexity index is 953. The normalized spacial score (nSPS) is 35.2. The van der Waals surface area contributed by atoms with E-state index in [0.29, 0.717) is 43.0 Å². The number of fused-ring (bicyclic) bond motifs is 5. The molecule has 0 radical (unpaired) electrons. The van der Waals surface area contributed by atoms with Crippen molar-refractivity contribution in [2.45, 2.75) is 98.4 Å². The SMILES string of the molecule is CNCCNCCN(C(=O)O/N=C(\C)[C@H]1CC[C@H]2[C@@H]3CCC4=CC(=O)CC[C@]4(C)[C@H]3CC[C@]12C)C(C)(C)C. The maximum atomic E-state index is 13.1. The predicted octanol–water partition coefficient (Wildman–Crippen LogP) is 5.56. The quantitative estimate of drug-likeness (QED) is 0.187. The minimum atomic E-state index is -0.373. The summed E-state index contributed by atoms with van der Waals surface area (Å²) in [6.07, 6.45) is 10.4. The second-order valence-electron chi connectivity index (χ2n) is 13.9. The number of oxime groups is 1. The topological polar surface area (TPSA) is 83.0 Å². The van der Waals surface area contributed by atoms with E-state index in [-0.39, 0.29) is 22.5 Å². The molecule has 0 unspecified atom stereocenters. The number of hydrogen-bond donors (Lipinski definition) is 2. The first kappa shape index (κ1) is 29.3. The highest BCUT2D eigenvalue weighted by atomic mass is 16.7. The Kier molecular flexibility index (Phi) is 8.78. The number of carbonyl (C=O) groups excluding carboxylic acids is 2. The van der Waals surface area contributed by atoms with E-state index in [9.17, 15) is 9.59 Å². The number of allylic oxidation sites excluding steroid dienone is 1. The van der Waals surface area contributed by atoms with Crippen LogP contribution in [0.25, 0.3) is 0 Å². The number of likely N-dealkylation sites (N-methyl/N-ethyl adjacent to an activating group) is 1. The van der Waals surface area contributed by atoms with E-state index in [1.54, 1.807) is 4.90 Å². The zero-order valence-electron chi connectivity index (χ0n) is 25.0. The summed E-state index contributed by atoms with van der Waals surface area (Å²) in [5.74, 6) is 2.76. The molecule has 38 heavy (non-hydrogen) atoms. The van der Waals surface area contributed by atoms with Gasteiger partial charge in [-0.2, -0.15) is 0 Å². The molecule has 3 saturated carbocycles. The molecule has 0 aliphatic heterocycles. The van der Waals surface area contributed by atoms with Crippen molar-refractivity contribution in [2.75, 3.05) is 33.2 Å². The first-order valence-electron chi connectivity index (χ1n) is 15.0. The molecule has 4 aliphatic carbocycles. The summed E-state index contributed by atoms with van der Waals surface area (Å²) in [6, 6.07) is 0. The van der Waals surface area contributed by atoms with Crippen LogP contribution < -0.4 is 10.6 Å². The van der Waals surface area contributed by atoms with Crippen LogP contribution in [0.2, 0.25) is 0 Å². The molecule has 0 bridgehead atoms. The molecule has 0 spiro atoms. The van der Waals surface area contributed by atoms with Gasteiger partial charge in [-0.15, -0.1) is 0 Å². The number of carbonyl (C=O) groups is 2. The van der Waals surface area contributed by atoms with Gasteiger partial charge in [-0.3, -0.25) is 9.63 Å². The molecule has 1 amide bonds. The summed E-state index contributed by atoms with van der Waals surface area (Å²) >= 11 is 0. The fourth-order valence-corrected chi connectivity index (χ4v) is 8.70. The van der Waals surface area contributed by atoms with Crippen molar-refractivity contribution in [3.63, 3.8) is 0 Å². The van der Waals surface area contributed by atoms with Gasteiger partial charge in [0.2, 0.25) is 0 Å². The number of amides is 1. The average Bonchev–Trinajstić information content (AvgIpc) is 3.21. The summed E-state index contributed by atoms with van der Waals surface area (Å²) in [5, 5.41) is 11.0. The second-order valence-corrected chi connectivity index (χ2v) is 13.9. The van der Waals surface area contributed by atoms with Crippen molar-refractivity contribution in [3.8, 4) is 0 Å². The summed E-state index contributed by atoms with van der Waals surface area (Å²) < 4.78 is 0. The lowest BCUT2D eigenvalue weighted by Crippen LogP contribution is -2.51. The van der Waals surface area contributed by atoms with Crippen molar-refractivity contribution < 1.29 is 14.4 Å². The lowest BCUT2D eigenvalue weighted by atomic mass is 9.46. The largest absolute Gasteiger partial charge is 0.436 e. The van der Waals surface area contributed by atoms with E-state index in [1.807, 2.05) is 33.9 Å². The van der Waals surface area contributed by atoms with Gasteiger partial charge < -0.3 is 15.5 Å². The van der Waals surface area contributed by atoms with Gasteiger partial charge in [0.05, 0.1) is 5.71 Å². The molecule has 6 atom stereocenters. The van der Waals surface area contributed by atoms with Gasteiger partial charge in [0.15, 0.2) is 5.78 Å². The van der Waals surface area contributed by atoms with Crippen molar-refractivity contribution in [1.82, 2.24) is 15.5 Å². The van der Waals surface area contributed by atoms with Crippen LogP contribution in [0, 0.1) is 34.5 Å². The molecule has 0 aromatic rings. The third kappa shape index (κ3) is 5.60. The van der Waals surface area contributed by atoms with Crippen LogP contribution in [-0.4, -0.2) is 61.3 Å². The Morgan fingerprint density at radius 1 is 1.08 bits per heavy atom. The zero-order chi connectivity index (χ0) is 27.7. The summed E-state index contributed by atoms with van der Waals surface area (Å²) in [5.41, 5.74) is 2.45. The van der Waals surface area contributed by atoms with E-state index in [4.69, 9.17) is 4.84 Å². The van der Waals surface area contributed by atoms with Crippen molar-refractivity contribution in [1.29, 1.82) is 0 Å². The van der Waals surface area contributed by atoms with Gasteiger partial charge in [0, 0.05) is 44.1 Å². The summed E-state index contributed by atoms with van der Waals surface area (Å²) in [4.78, 5) is 32.6. The molecule has 4 aliphatic rings. The predicted molar refractivity (Wildman–Crippen MR) is 153 cm³/mol. The van der Waals surface area contributed by atoms with Gasteiger partial charge >= 0.3 is 6.09 Å². The highest BCUT2D eigenvalue weighted by Gasteiger charge is 2.59. The number of ketones is 1. The molecule has 214 valence electrons. The van der Waals surface area contributed by atoms with Crippen LogP contribution in [0.3, 0.4) is 0 Å². The summed E-state index contributed by atoms with van der Waals surface area (Å²) in [7, 11) is 1.93. The van der Waals surface area contributed by atoms with E-state index in [2.05, 4.69) is 36.6 Å². The van der Waals surface area contributed by atoms with Gasteiger partial charge in [-0.05, 0) is 114 Å². The lowest BCUT2D eigenvalue weighted by Gasteiger charge is -2.58. The second kappa shape index (κ2) is 11.4. The molecule has 2 N–H and O–H groups in total. The lowest BCUT2D eigenvalue weighted by molar-refractivity contribution is -0.117. The van der Waals surface area contributed by atoms with Crippen molar-refractivity contribution in [2.24, 2.45) is 39.7 Å². The van der Waals surface area contributed by atoms with Gasteiger partial charge in [0.25, 0.3) is 0 Å². The van der Waals surface area contributed by atoms with Crippen LogP contribution in [-0.2, 0) is 9.63 Å². The third-order valence-electron chi connectivity index (χ3n) is 10.8. The fraction of sp³-hybridized carbons (Fsp3) is 0.839. The molecule has 0 saturated heterocycles. The van der Waals surface area contributed by atoms with Crippen LogP contribution in [0.5, 0.6) is 0 Å². The van der Waals surface area contributed by atoms with E-state index >= 15 is 0 Å². The summed E-state index contributed by atoms with van der Waals surface area (Å²) in [6.45, 7) is 16.1. The molecule has 7 nitrogen and oxygen atoms in total. The Hall–Kier alpha value is -1.73. The van der Waals surface area contributed by atoms with Gasteiger partial charge in [-0.25, -0.2) is 4.79 Å². The zero-order valence-corrected chi connectivity index (χ0v) is 25.0. The van der Waals surface area contributed by atoms with Crippen LogP contribution in [0.4, 0.5) is 4.79 Å². The van der Waals surface area contributed by atoms with Gasteiger partial charge in [-0.1, -0.05) is 24.6 Å². The molecular formula is C31H52N4O3. The van der Waals surface area contributed by atoms with Crippen molar-refractivity contribution in [3.05, 3.63) is 11.6 Å². The van der Waals surface area contributed by atoms with E-state index in [0.717, 1.165) is 44.0 Å². The third-order valence-corrected chi connectivity index (χ3v) is 10.8.